The molecule has 146 valence electrons. The zero-order valence-electron chi connectivity index (χ0n) is 14.3. The number of hydrogen-bond donors (Lipinski definition) is 0. The van der Waals surface area contributed by atoms with E-state index in [9.17, 15) is 31.5 Å². The summed E-state index contributed by atoms with van der Waals surface area (Å²) in [5, 5.41) is 0. The van der Waals surface area contributed by atoms with Crippen molar-refractivity contribution in [1.82, 2.24) is 0 Å². The fraction of sp³-hybridized carbons (Fsp3) is 0.500. The van der Waals surface area contributed by atoms with Crippen molar-refractivity contribution >= 4 is 11.9 Å². The lowest BCUT2D eigenvalue weighted by atomic mass is 9.91. The molecule has 5 nitrogen and oxygen atoms in total. The molecule has 0 unspecified atom stereocenters. The molecule has 0 aliphatic rings. The smallest absolute Gasteiger partial charge is 0.344 e. The second-order valence-corrected chi connectivity index (χ2v) is 5.78. The summed E-state index contributed by atoms with van der Waals surface area (Å²) in [6, 6.07) is 0. The van der Waals surface area contributed by atoms with Crippen LogP contribution in [0.4, 0.5) is 22.0 Å². The summed E-state index contributed by atoms with van der Waals surface area (Å²) in [4.78, 5) is 23.0. The van der Waals surface area contributed by atoms with Gasteiger partial charge in [-0.05, 0) is 20.3 Å². The van der Waals surface area contributed by atoms with Crippen LogP contribution in [0.25, 0.3) is 0 Å². The molecule has 0 N–H and O–H groups in total. The van der Waals surface area contributed by atoms with Gasteiger partial charge in [0.05, 0.1) is 5.41 Å². The minimum absolute atomic E-state index is 0.483. The SMILES string of the molecule is CCC(C)(C)C(=O)OCC(=O)OCCOc1c(F)c(F)c(F)c(F)c1F. The molecule has 10 heteroatoms. The van der Waals surface area contributed by atoms with Crippen molar-refractivity contribution in [3.05, 3.63) is 29.1 Å². The molecule has 0 heterocycles. The summed E-state index contributed by atoms with van der Waals surface area (Å²) < 4.78 is 79.2. The molecule has 26 heavy (non-hydrogen) atoms. The third-order valence-electron chi connectivity index (χ3n) is 3.52. The van der Waals surface area contributed by atoms with Gasteiger partial charge >= 0.3 is 11.9 Å². The van der Waals surface area contributed by atoms with Gasteiger partial charge in [-0.25, -0.2) is 18.0 Å². The molecule has 0 fully saturated rings. The highest BCUT2D eigenvalue weighted by molar-refractivity contribution is 5.79. The number of benzene rings is 1. The van der Waals surface area contributed by atoms with Crippen LogP contribution in [-0.2, 0) is 19.1 Å². The molecule has 0 spiro atoms. The third kappa shape index (κ3) is 5.06. The highest BCUT2D eigenvalue weighted by Crippen LogP contribution is 2.29. The molecule has 0 atom stereocenters. The molecule has 0 bridgehead atoms. The number of rotatable bonds is 8. The van der Waals surface area contributed by atoms with Crippen LogP contribution in [0.2, 0.25) is 0 Å². The van der Waals surface area contributed by atoms with E-state index in [1.54, 1.807) is 20.8 Å². The first-order chi connectivity index (χ1) is 12.0. The van der Waals surface area contributed by atoms with Crippen LogP contribution < -0.4 is 4.74 Å². The Morgan fingerprint density at radius 2 is 1.35 bits per heavy atom. The Hall–Kier alpha value is -2.39. The van der Waals surface area contributed by atoms with E-state index in [0.717, 1.165) is 0 Å². The van der Waals surface area contributed by atoms with Crippen molar-refractivity contribution in [2.24, 2.45) is 5.41 Å². The molecule has 0 radical (unpaired) electrons. The molecule has 1 rings (SSSR count). The van der Waals surface area contributed by atoms with E-state index in [1.807, 2.05) is 0 Å². The summed E-state index contributed by atoms with van der Waals surface area (Å²) in [5.74, 6) is -13.9. The zero-order chi connectivity index (χ0) is 20.1. The summed E-state index contributed by atoms with van der Waals surface area (Å²) >= 11 is 0. The third-order valence-corrected chi connectivity index (χ3v) is 3.52. The minimum atomic E-state index is -2.31. The van der Waals surface area contributed by atoms with Gasteiger partial charge in [-0.15, -0.1) is 0 Å². The molecule has 0 aromatic heterocycles. The van der Waals surface area contributed by atoms with Crippen LogP contribution in [-0.4, -0.2) is 31.8 Å². The Labute approximate surface area is 146 Å². The van der Waals surface area contributed by atoms with Crippen molar-refractivity contribution in [3.63, 3.8) is 0 Å². The fourth-order valence-corrected chi connectivity index (χ4v) is 1.52. The van der Waals surface area contributed by atoms with Gasteiger partial charge in [-0.1, -0.05) is 6.92 Å². The van der Waals surface area contributed by atoms with E-state index >= 15 is 0 Å². The van der Waals surface area contributed by atoms with Gasteiger partial charge in [0, 0.05) is 0 Å². The second kappa shape index (κ2) is 8.81. The van der Waals surface area contributed by atoms with Gasteiger partial charge in [0.1, 0.15) is 13.2 Å². The van der Waals surface area contributed by atoms with E-state index < -0.39 is 72.0 Å². The maximum absolute atomic E-state index is 13.3. The number of carbonyl (C=O) groups is 2. The lowest BCUT2D eigenvalue weighted by Gasteiger charge is -2.19. The maximum atomic E-state index is 13.3. The highest BCUT2D eigenvalue weighted by atomic mass is 19.2. The average molecular weight is 384 g/mol. The van der Waals surface area contributed by atoms with Crippen LogP contribution >= 0.6 is 0 Å². The van der Waals surface area contributed by atoms with Crippen LogP contribution in [0.3, 0.4) is 0 Å². The molecular formula is C16H17F5O5. The van der Waals surface area contributed by atoms with Crippen LogP contribution in [0, 0.1) is 34.5 Å². The van der Waals surface area contributed by atoms with Gasteiger partial charge in [0.25, 0.3) is 0 Å². The normalized spacial score (nSPS) is 11.2. The number of carbonyl (C=O) groups excluding carboxylic acids is 2. The number of halogens is 5. The summed E-state index contributed by atoms with van der Waals surface area (Å²) in [6.45, 7) is 3.07. The zero-order valence-corrected chi connectivity index (χ0v) is 14.3. The molecule has 0 amide bonds. The van der Waals surface area contributed by atoms with Gasteiger partial charge in [-0.2, -0.15) is 8.78 Å². The number of ether oxygens (including phenoxy) is 3. The highest BCUT2D eigenvalue weighted by Gasteiger charge is 2.28. The van der Waals surface area contributed by atoms with Crippen molar-refractivity contribution < 1.29 is 45.8 Å². The molecule has 1 aromatic rings. The molecule has 0 saturated carbocycles. The standard InChI is InChI=1S/C16H17F5O5/c1-4-16(2,3)15(23)26-7-8(22)24-5-6-25-14-12(20)10(18)9(17)11(19)13(14)21/h4-7H2,1-3H3. The van der Waals surface area contributed by atoms with Crippen LogP contribution in [0.5, 0.6) is 5.75 Å². The van der Waals surface area contributed by atoms with Crippen molar-refractivity contribution in [2.75, 3.05) is 19.8 Å². The Morgan fingerprint density at radius 3 is 1.85 bits per heavy atom. The second-order valence-electron chi connectivity index (χ2n) is 5.78. The van der Waals surface area contributed by atoms with E-state index in [0.29, 0.717) is 6.42 Å². The first-order valence-corrected chi connectivity index (χ1v) is 7.50. The Balaban J connectivity index is 2.49. The fourth-order valence-electron chi connectivity index (χ4n) is 1.52. The largest absolute Gasteiger partial charge is 0.484 e. The van der Waals surface area contributed by atoms with Crippen LogP contribution in [0.1, 0.15) is 27.2 Å². The van der Waals surface area contributed by atoms with Crippen molar-refractivity contribution in [2.45, 2.75) is 27.2 Å². The maximum Gasteiger partial charge on any atom is 0.344 e. The molecule has 0 saturated heterocycles. The Kier molecular flexibility index (Phi) is 7.34. The lowest BCUT2D eigenvalue weighted by Crippen LogP contribution is -2.28. The number of esters is 2. The molecule has 0 aliphatic carbocycles. The topological polar surface area (TPSA) is 61.8 Å². The summed E-state index contributed by atoms with van der Waals surface area (Å²) in [7, 11) is 0. The quantitative estimate of drug-likeness (QED) is 0.226. The van der Waals surface area contributed by atoms with E-state index in [-0.39, 0.29) is 0 Å². The van der Waals surface area contributed by atoms with Gasteiger partial charge in [0.15, 0.2) is 12.4 Å². The van der Waals surface area contributed by atoms with Crippen molar-refractivity contribution in [3.8, 4) is 5.75 Å². The minimum Gasteiger partial charge on any atom is -0.484 e. The van der Waals surface area contributed by atoms with E-state index in [2.05, 4.69) is 9.47 Å². The van der Waals surface area contributed by atoms with Gasteiger partial charge < -0.3 is 14.2 Å². The van der Waals surface area contributed by atoms with E-state index in [1.165, 1.54) is 0 Å². The van der Waals surface area contributed by atoms with Gasteiger partial charge in [-0.3, -0.25) is 4.79 Å². The monoisotopic (exact) mass is 384 g/mol. The predicted molar refractivity (Wildman–Crippen MR) is 77.7 cm³/mol. The molecule has 0 aliphatic heterocycles. The van der Waals surface area contributed by atoms with Gasteiger partial charge in [0.2, 0.25) is 29.1 Å². The first-order valence-electron chi connectivity index (χ1n) is 7.50. The molecule has 1 aromatic carbocycles. The number of hydrogen-bond acceptors (Lipinski definition) is 5. The van der Waals surface area contributed by atoms with Crippen molar-refractivity contribution in [1.29, 1.82) is 0 Å². The summed E-state index contributed by atoms with van der Waals surface area (Å²) in [6.07, 6.45) is 0.483. The summed E-state index contributed by atoms with van der Waals surface area (Å²) in [5.41, 5.74) is -0.783. The van der Waals surface area contributed by atoms with Crippen LogP contribution in [0.15, 0.2) is 0 Å². The average Bonchev–Trinajstić information content (AvgIpc) is 2.61. The molecular weight excluding hydrogens is 367 g/mol. The predicted octanol–water partition coefficient (Wildman–Crippen LogP) is 3.28. The Morgan fingerprint density at radius 1 is 0.846 bits per heavy atom. The Bertz CT molecular complexity index is 661. The van der Waals surface area contributed by atoms with E-state index in [4.69, 9.17) is 4.74 Å². The first kappa shape index (κ1) is 21.7. The lowest BCUT2D eigenvalue weighted by molar-refractivity contribution is -0.165.